The zero-order valence-electron chi connectivity index (χ0n) is 13.8. The van der Waals surface area contributed by atoms with Gasteiger partial charge in [0.05, 0.1) is 6.54 Å². The van der Waals surface area contributed by atoms with Crippen molar-refractivity contribution in [2.45, 2.75) is 44.4 Å². The summed E-state index contributed by atoms with van der Waals surface area (Å²) in [5.41, 5.74) is 0. The van der Waals surface area contributed by atoms with Crippen molar-refractivity contribution in [1.29, 1.82) is 0 Å². The molecule has 0 radical (unpaired) electrons. The summed E-state index contributed by atoms with van der Waals surface area (Å²) in [6, 6.07) is 0. The molecule has 7 nitrogen and oxygen atoms in total. The number of hydrogen-bond acceptors (Lipinski definition) is 4. The van der Waals surface area contributed by atoms with Gasteiger partial charge in [0.1, 0.15) is 12.2 Å². The number of nitrogens with zero attached hydrogens (tertiary/aromatic N) is 5. The summed E-state index contributed by atoms with van der Waals surface area (Å²) in [4.78, 5) is 28.3. The first-order valence-electron chi connectivity index (χ1n) is 8.54. The maximum atomic E-state index is 12.6. The first-order chi connectivity index (χ1) is 11.1. The van der Waals surface area contributed by atoms with Crippen LogP contribution in [0.4, 0.5) is 0 Å². The zero-order valence-corrected chi connectivity index (χ0v) is 13.8. The van der Waals surface area contributed by atoms with E-state index in [1.165, 1.54) is 0 Å². The highest BCUT2D eigenvalue weighted by Gasteiger charge is 2.29. The monoisotopic (exact) mass is 319 g/mol. The first-order valence-corrected chi connectivity index (χ1v) is 8.54. The van der Waals surface area contributed by atoms with Gasteiger partial charge in [-0.05, 0) is 25.7 Å². The topological polar surface area (TPSA) is 71.3 Å². The second-order valence-electron chi connectivity index (χ2n) is 6.60. The Morgan fingerprint density at radius 2 is 2.13 bits per heavy atom. The summed E-state index contributed by atoms with van der Waals surface area (Å²) in [6.45, 7) is 2.39. The van der Waals surface area contributed by atoms with E-state index < -0.39 is 0 Å². The normalized spacial score (nSPS) is 23.0. The lowest BCUT2D eigenvalue weighted by molar-refractivity contribution is -0.140. The molecule has 0 spiro atoms. The van der Waals surface area contributed by atoms with E-state index in [-0.39, 0.29) is 24.3 Å². The van der Waals surface area contributed by atoms with Crippen LogP contribution >= 0.6 is 0 Å². The highest BCUT2D eigenvalue weighted by Crippen LogP contribution is 2.25. The Kier molecular flexibility index (Phi) is 4.93. The summed E-state index contributed by atoms with van der Waals surface area (Å²) in [7, 11) is 1.94. The van der Waals surface area contributed by atoms with Gasteiger partial charge in [0.25, 0.3) is 0 Å². The second-order valence-corrected chi connectivity index (χ2v) is 6.60. The van der Waals surface area contributed by atoms with E-state index in [0.29, 0.717) is 19.5 Å². The molecule has 3 rings (SSSR count). The SMILES string of the molecule is Cn1cnnc1[C@@H]1CCCN(C(=O)CN2CCCCCC2=O)C1. The van der Waals surface area contributed by atoms with E-state index >= 15 is 0 Å². The summed E-state index contributed by atoms with van der Waals surface area (Å²) in [6.07, 6.45) is 7.30. The van der Waals surface area contributed by atoms with Gasteiger partial charge in [0, 0.05) is 39.0 Å². The third kappa shape index (κ3) is 3.71. The van der Waals surface area contributed by atoms with Crippen LogP contribution in [0.25, 0.3) is 0 Å². The zero-order chi connectivity index (χ0) is 16.2. The van der Waals surface area contributed by atoms with Crippen molar-refractivity contribution < 1.29 is 9.59 Å². The predicted octanol–water partition coefficient (Wildman–Crippen LogP) is 0.924. The Bertz CT molecular complexity index is 571. The largest absolute Gasteiger partial charge is 0.340 e. The van der Waals surface area contributed by atoms with Crippen LogP contribution in [0.15, 0.2) is 6.33 Å². The fraction of sp³-hybridized carbons (Fsp3) is 0.750. The van der Waals surface area contributed by atoms with Gasteiger partial charge in [0.2, 0.25) is 11.8 Å². The Morgan fingerprint density at radius 3 is 2.91 bits per heavy atom. The van der Waals surface area contributed by atoms with Crippen LogP contribution in [0.1, 0.15) is 50.3 Å². The van der Waals surface area contributed by atoms with Crippen molar-refractivity contribution >= 4 is 11.8 Å². The number of aryl methyl sites for hydroxylation is 1. The minimum Gasteiger partial charge on any atom is -0.340 e. The van der Waals surface area contributed by atoms with Crippen molar-refractivity contribution in [1.82, 2.24) is 24.6 Å². The minimum absolute atomic E-state index is 0.0621. The highest BCUT2D eigenvalue weighted by molar-refractivity contribution is 5.85. The lowest BCUT2D eigenvalue weighted by atomic mass is 9.97. The van der Waals surface area contributed by atoms with Crippen LogP contribution in [0.2, 0.25) is 0 Å². The van der Waals surface area contributed by atoms with E-state index in [1.807, 2.05) is 16.5 Å². The third-order valence-corrected chi connectivity index (χ3v) is 4.88. The Hall–Kier alpha value is -1.92. The van der Waals surface area contributed by atoms with E-state index in [2.05, 4.69) is 10.2 Å². The van der Waals surface area contributed by atoms with E-state index in [1.54, 1.807) is 11.2 Å². The maximum absolute atomic E-state index is 12.6. The number of amides is 2. The molecule has 3 heterocycles. The lowest BCUT2D eigenvalue weighted by Crippen LogP contribution is -2.46. The molecule has 0 aromatic carbocycles. The van der Waals surface area contributed by atoms with E-state index in [0.717, 1.165) is 44.5 Å². The molecule has 1 atom stereocenters. The van der Waals surface area contributed by atoms with E-state index in [4.69, 9.17) is 0 Å². The van der Waals surface area contributed by atoms with Crippen molar-refractivity contribution in [3.8, 4) is 0 Å². The van der Waals surface area contributed by atoms with Gasteiger partial charge in [0.15, 0.2) is 0 Å². The summed E-state index contributed by atoms with van der Waals surface area (Å²) in [5.74, 6) is 1.36. The molecule has 2 saturated heterocycles. The van der Waals surface area contributed by atoms with Crippen LogP contribution in [0.5, 0.6) is 0 Å². The Balaban J connectivity index is 1.60. The quantitative estimate of drug-likeness (QED) is 0.831. The average Bonchev–Trinajstić information content (AvgIpc) is 2.89. The summed E-state index contributed by atoms with van der Waals surface area (Å²) >= 11 is 0. The van der Waals surface area contributed by atoms with Crippen LogP contribution in [0.3, 0.4) is 0 Å². The number of piperidine rings is 1. The highest BCUT2D eigenvalue weighted by atomic mass is 16.2. The van der Waals surface area contributed by atoms with Crippen LogP contribution in [0, 0.1) is 0 Å². The van der Waals surface area contributed by atoms with Crippen molar-refractivity contribution in [2.24, 2.45) is 7.05 Å². The minimum atomic E-state index is 0.0621. The van der Waals surface area contributed by atoms with Gasteiger partial charge < -0.3 is 14.4 Å². The molecule has 1 aromatic rings. The van der Waals surface area contributed by atoms with Gasteiger partial charge in [-0.3, -0.25) is 9.59 Å². The average molecular weight is 319 g/mol. The molecule has 0 saturated carbocycles. The molecule has 0 aliphatic carbocycles. The van der Waals surface area contributed by atoms with Gasteiger partial charge in [-0.2, -0.15) is 0 Å². The lowest BCUT2D eigenvalue weighted by Gasteiger charge is -2.33. The number of rotatable bonds is 3. The molecule has 0 unspecified atom stereocenters. The third-order valence-electron chi connectivity index (χ3n) is 4.88. The van der Waals surface area contributed by atoms with Crippen molar-refractivity contribution in [3.05, 3.63) is 12.2 Å². The van der Waals surface area contributed by atoms with Gasteiger partial charge in [-0.15, -0.1) is 10.2 Å². The molecule has 2 aliphatic heterocycles. The van der Waals surface area contributed by atoms with Gasteiger partial charge in [-0.1, -0.05) is 6.42 Å². The number of hydrogen-bond donors (Lipinski definition) is 0. The molecule has 7 heteroatoms. The molecule has 2 fully saturated rings. The predicted molar refractivity (Wildman–Crippen MR) is 84.6 cm³/mol. The fourth-order valence-corrected chi connectivity index (χ4v) is 3.55. The maximum Gasteiger partial charge on any atom is 0.242 e. The summed E-state index contributed by atoms with van der Waals surface area (Å²) < 4.78 is 1.93. The fourth-order valence-electron chi connectivity index (χ4n) is 3.55. The standard InChI is InChI=1S/C16H25N5O2/c1-19-12-17-18-16(19)13-6-5-9-20(10-13)15(23)11-21-8-4-2-3-7-14(21)22/h12-13H,2-11H2,1H3/t13-/m1/s1. The van der Waals surface area contributed by atoms with Crippen molar-refractivity contribution in [2.75, 3.05) is 26.2 Å². The van der Waals surface area contributed by atoms with Crippen molar-refractivity contribution in [3.63, 3.8) is 0 Å². The summed E-state index contributed by atoms with van der Waals surface area (Å²) in [5, 5.41) is 8.12. The molecule has 1 aromatic heterocycles. The molecule has 0 bridgehead atoms. The van der Waals surface area contributed by atoms with Gasteiger partial charge in [-0.25, -0.2) is 0 Å². The molecular weight excluding hydrogens is 294 g/mol. The molecule has 23 heavy (non-hydrogen) atoms. The molecular formula is C16H25N5O2. The number of aromatic nitrogens is 3. The molecule has 0 N–H and O–H groups in total. The molecule has 126 valence electrons. The number of likely N-dealkylation sites (tertiary alicyclic amines) is 2. The Labute approximate surface area is 136 Å². The van der Waals surface area contributed by atoms with Crippen LogP contribution in [-0.2, 0) is 16.6 Å². The molecule has 2 amide bonds. The molecule has 2 aliphatic rings. The van der Waals surface area contributed by atoms with Crippen LogP contribution < -0.4 is 0 Å². The number of carbonyl (C=O) groups is 2. The van der Waals surface area contributed by atoms with Gasteiger partial charge >= 0.3 is 0 Å². The second kappa shape index (κ2) is 7.10. The smallest absolute Gasteiger partial charge is 0.242 e. The number of carbonyl (C=O) groups excluding carboxylic acids is 2. The van der Waals surface area contributed by atoms with Crippen LogP contribution in [-0.4, -0.2) is 62.6 Å². The Morgan fingerprint density at radius 1 is 1.26 bits per heavy atom. The first kappa shape index (κ1) is 16.0. The van der Waals surface area contributed by atoms with E-state index in [9.17, 15) is 9.59 Å².